The summed E-state index contributed by atoms with van der Waals surface area (Å²) in [6.45, 7) is 2.17. The molecule has 0 aromatic carbocycles. The minimum atomic E-state index is -4.33. The quantitative estimate of drug-likeness (QED) is 0.770. The third-order valence-corrected chi connectivity index (χ3v) is 3.67. The van der Waals surface area contributed by atoms with Crippen LogP contribution < -0.4 is 0 Å². The molecule has 1 aliphatic carbocycles. The third-order valence-electron chi connectivity index (χ3n) is 3.67. The van der Waals surface area contributed by atoms with Gasteiger partial charge in [0.05, 0.1) is 6.04 Å². The molecule has 17 heavy (non-hydrogen) atoms. The topological polar surface area (TPSA) is 17.8 Å². The number of hydrogen-bond donors (Lipinski definition) is 0. The summed E-state index contributed by atoms with van der Waals surface area (Å²) in [7, 11) is 0. The zero-order valence-electron chi connectivity index (χ0n) is 9.87. The molecule has 0 bridgehead atoms. The van der Waals surface area contributed by atoms with Crippen molar-refractivity contribution >= 4 is 0 Å². The number of nitrogens with zero attached hydrogens (tertiary/aromatic N) is 2. The largest absolute Gasteiger partial charge is 0.435 e. The van der Waals surface area contributed by atoms with E-state index in [0.717, 1.165) is 37.7 Å². The van der Waals surface area contributed by atoms with E-state index < -0.39 is 11.9 Å². The second kappa shape index (κ2) is 4.70. The van der Waals surface area contributed by atoms with Crippen molar-refractivity contribution in [3.05, 3.63) is 18.0 Å². The Balaban J connectivity index is 2.02. The van der Waals surface area contributed by atoms with E-state index in [9.17, 15) is 13.2 Å². The van der Waals surface area contributed by atoms with Crippen molar-refractivity contribution in [2.75, 3.05) is 0 Å². The lowest BCUT2D eigenvalue weighted by Gasteiger charge is -2.27. The SMILES string of the molecule is CCC1CCC(n2ccc(C(F)(F)F)n2)CC1. The fraction of sp³-hybridized carbons (Fsp3) is 0.750. The van der Waals surface area contributed by atoms with Gasteiger partial charge < -0.3 is 0 Å². The molecular weight excluding hydrogens is 229 g/mol. The van der Waals surface area contributed by atoms with Gasteiger partial charge in [-0.1, -0.05) is 13.3 Å². The van der Waals surface area contributed by atoms with Crippen LogP contribution in [0.25, 0.3) is 0 Å². The van der Waals surface area contributed by atoms with Gasteiger partial charge in [-0.25, -0.2) is 0 Å². The summed E-state index contributed by atoms with van der Waals surface area (Å²) in [6.07, 6.45) is 2.38. The Bertz CT molecular complexity index is 362. The molecule has 0 radical (unpaired) electrons. The fourth-order valence-corrected chi connectivity index (χ4v) is 2.51. The fourth-order valence-electron chi connectivity index (χ4n) is 2.51. The van der Waals surface area contributed by atoms with Gasteiger partial charge in [-0.15, -0.1) is 0 Å². The summed E-state index contributed by atoms with van der Waals surface area (Å²) in [4.78, 5) is 0. The molecule has 1 fully saturated rings. The lowest BCUT2D eigenvalue weighted by atomic mass is 9.85. The Morgan fingerprint density at radius 2 is 1.94 bits per heavy atom. The molecule has 0 unspecified atom stereocenters. The molecule has 0 spiro atoms. The molecule has 1 aromatic heterocycles. The first-order chi connectivity index (χ1) is 8.00. The van der Waals surface area contributed by atoms with Crippen molar-refractivity contribution in [2.45, 2.75) is 51.2 Å². The molecule has 1 aromatic rings. The first kappa shape index (κ1) is 12.5. The summed E-state index contributed by atoms with van der Waals surface area (Å²) >= 11 is 0. The molecule has 96 valence electrons. The van der Waals surface area contributed by atoms with E-state index in [1.807, 2.05) is 0 Å². The summed E-state index contributed by atoms with van der Waals surface area (Å²) in [6, 6.07) is 1.21. The Labute approximate surface area is 98.8 Å². The van der Waals surface area contributed by atoms with Crippen LogP contribution in [-0.4, -0.2) is 9.78 Å². The molecule has 0 aliphatic heterocycles. The van der Waals surface area contributed by atoms with Crippen LogP contribution in [0.1, 0.15) is 50.8 Å². The summed E-state index contributed by atoms with van der Waals surface area (Å²) in [5, 5.41) is 3.65. The maximum absolute atomic E-state index is 12.4. The highest BCUT2D eigenvalue weighted by Gasteiger charge is 2.34. The van der Waals surface area contributed by atoms with Gasteiger partial charge in [0.1, 0.15) is 0 Å². The number of hydrogen-bond acceptors (Lipinski definition) is 1. The van der Waals surface area contributed by atoms with Crippen LogP contribution in [0.5, 0.6) is 0 Å². The van der Waals surface area contributed by atoms with Crippen LogP contribution in [-0.2, 0) is 6.18 Å². The van der Waals surface area contributed by atoms with E-state index in [1.165, 1.54) is 17.3 Å². The summed E-state index contributed by atoms with van der Waals surface area (Å²) in [5.74, 6) is 0.740. The van der Waals surface area contributed by atoms with E-state index in [0.29, 0.717) is 0 Å². The lowest BCUT2D eigenvalue weighted by molar-refractivity contribution is -0.141. The van der Waals surface area contributed by atoms with Crippen molar-refractivity contribution in [3.63, 3.8) is 0 Å². The highest BCUT2D eigenvalue weighted by atomic mass is 19.4. The number of rotatable bonds is 2. The van der Waals surface area contributed by atoms with Gasteiger partial charge in [0, 0.05) is 6.20 Å². The molecule has 2 rings (SSSR count). The van der Waals surface area contributed by atoms with Crippen molar-refractivity contribution in [1.29, 1.82) is 0 Å². The standard InChI is InChI=1S/C12H17F3N2/c1-2-9-3-5-10(6-4-9)17-8-7-11(16-17)12(13,14)15/h7-10H,2-6H2,1H3. The van der Waals surface area contributed by atoms with E-state index in [1.54, 1.807) is 0 Å². The van der Waals surface area contributed by atoms with Gasteiger partial charge in [-0.2, -0.15) is 18.3 Å². The van der Waals surface area contributed by atoms with Crippen molar-refractivity contribution in [1.82, 2.24) is 9.78 Å². The van der Waals surface area contributed by atoms with E-state index in [4.69, 9.17) is 0 Å². The molecule has 1 heterocycles. The van der Waals surface area contributed by atoms with Gasteiger partial charge >= 0.3 is 6.18 Å². The van der Waals surface area contributed by atoms with Crippen molar-refractivity contribution in [2.24, 2.45) is 5.92 Å². The predicted octanol–water partition coefficient (Wildman–Crippen LogP) is 4.04. The zero-order valence-corrected chi connectivity index (χ0v) is 9.87. The molecule has 0 saturated heterocycles. The third kappa shape index (κ3) is 2.82. The molecule has 0 N–H and O–H groups in total. The van der Waals surface area contributed by atoms with Crippen LogP contribution in [0.2, 0.25) is 0 Å². The minimum Gasteiger partial charge on any atom is -0.269 e. The Hall–Kier alpha value is -1.00. The van der Waals surface area contributed by atoms with Crippen LogP contribution in [0.4, 0.5) is 13.2 Å². The number of alkyl halides is 3. The zero-order chi connectivity index (χ0) is 12.5. The molecule has 1 aliphatic rings. The molecule has 0 amide bonds. The highest BCUT2D eigenvalue weighted by Crippen LogP contribution is 2.34. The minimum absolute atomic E-state index is 0.147. The maximum atomic E-state index is 12.4. The average Bonchev–Trinajstić information content (AvgIpc) is 2.78. The molecule has 5 heteroatoms. The van der Waals surface area contributed by atoms with Gasteiger partial charge in [-0.05, 0) is 37.7 Å². The average molecular weight is 246 g/mol. The van der Waals surface area contributed by atoms with Gasteiger partial charge in [0.2, 0.25) is 0 Å². The van der Waals surface area contributed by atoms with Gasteiger partial charge in [0.15, 0.2) is 5.69 Å². The molecule has 0 atom stereocenters. The monoisotopic (exact) mass is 246 g/mol. The van der Waals surface area contributed by atoms with Crippen molar-refractivity contribution < 1.29 is 13.2 Å². The van der Waals surface area contributed by atoms with Crippen molar-refractivity contribution in [3.8, 4) is 0 Å². The normalized spacial score (nSPS) is 26.1. The van der Waals surface area contributed by atoms with Crippen LogP contribution >= 0.6 is 0 Å². The maximum Gasteiger partial charge on any atom is 0.435 e. The van der Waals surface area contributed by atoms with Gasteiger partial charge in [0.25, 0.3) is 0 Å². The molecule has 1 saturated carbocycles. The van der Waals surface area contributed by atoms with E-state index in [-0.39, 0.29) is 6.04 Å². The molecule has 2 nitrogen and oxygen atoms in total. The predicted molar refractivity (Wildman–Crippen MR) is 58.5 cm³/mol. The highest BCUT2D eigenvalue weighted by molar-refractivity contribution is 5.04. The molecular formula is C12H17F3N2. The number of aromatic nitrogens is 2. The summed E-state index contributed by atoms with van der Waals surface area (Å²) in [5.41, 5.74) is -0.782. The summed E-state index contributed by atoms with van der Waals surface area (Å²) < 4.78 is 38.7. The Morgan fingerprint density at radius 3 is 2.41 bits per heavy atom. The van der Waals surface area contributed by atoms with Gasteiger partial charge in [-0.3, -0.25) is 4.68 Å². The van der Waals surface area contributed by atoms with Crippen LogP contribution in [0.15, 0.2) is 12.3 Å². The van der Waals surface area contributed by atoms with E-state index >= 15 is 0 Å². The number of halogens is 3. The Kier molecular flexibility index (Phi) is 3.45. The smallest absolute Gasteiger partial charge is 0.269 e. The second-order valence-corrected chi connectivity index (χ2v) is 4.76. The van der Waals surface area contributed by atoms with Crippen LogP contribution in [0, 0.1) is 5.92 Å². The second-order valence-electron chi connectivity index (χ2n) is 4.76. The van der Waals surface area contributed by atoms with Crippen LogP contribution in [0.3, 0.4) is 0 Å². The van der Waals surface area contributed by atoms with E-state index in [2.05, 4.69) is 12.0 Å². The first-order valence-electron chi connectivity index (χ1n) is 6.13. The Morgan fingerprint density at radius 1 is 1.29 bits per heavy atom. The first-order valence-corrected chi connectivity index (χ1v) is 6.13. The lowest BCUT2D eigenvalue weighted by Crippen LogP contribution is -2.19.